The largest absolute Gasteiger partial charge is 0.402 e. The van der Waals surface area contributed by atoms with Crippen molar-refractivity contribution >= 4 is 41.3 Å². The molecule has 1 saturated heterocycles. The van der Waals surface area contributed by atoms with E-state index in [1.54, 1.807) is 19.2 Å². The molecule has 42 heavy (non-hydrogen) atoms. The quantitative estimate of drug-likeness (QED) is 0.0781. The molecule has 1 heterocycles. The molecule has 11 heteroatoms. The summed E-state index contributed by atoms with van der Waals surface area (Å²) in [7, 11) is 6.89. The van der Waals surface area contributed by atoms with E-state index >= 15 is 0 Å². The van der Waals surface area contributed by atoms with E-state index in [0.29, 0.717) is 40.8 Å². The summed E-state index contributed by atoms with van der Waals surface area (Å²) in [6, 6.07) is 4.18. The van der Waals surface area contributed by atoms with Crippen LogP contribution in [0.5, 0.6) is 0 Å². The smallest absolute Gasteiger partial charge is 0.156 e. The van der Waals surface area contributed by atoms with Crippen LogP contribution in [0.15, 0.2) is 46.7 Å². The number of amidine groups is 1. The summed E-state index contributed by atoms with van der Waals surface area (Å²) in [6.07, 6.45) is 7.88. The van der Waals surface area contributed by atoms with Gasteiger partial charge in [-0.2, -0.15) is 0 Å². The first-order valence-electron chi connectivity index (χ1n) is 13.7. The molecule has 1 fully saturated rings. The third-order valence-corrected chi connectivity index (χ3v) is 7.13. The standard InChI is InChI=1S/C20H24ClN5O.C7H15NO.C3H4O.CH5N/c1-3-11-4-7-17(23)19(11)13-9-15(21)12(8-18(13)24)5-6-16(22)14(10-27)20(25)26-2;1-8-5-3-4-7(8)6-9-2;1-2-3-4;1-2/h8-11H,3-4,7,22-24H2,1-2H3,(H2,25,26);7H,3-6H2,1-2H3;2-3H,1H2;2H2,1H3/b16-14-;;;. The summed E-state index contributed by atoms with van der Waals surface area (Å²) in [5.41, 5.74) is 32.3. The molecule has 0 spiro atoms. The SMILES string of the molecule is C=CC=O.CCC1CCC(N)=C1c1cc(Cl)c(C#C/C(N)=C(\C=O)C(N)=NC)cc1N.CN.COCC1CCCN1C. The van der Waals surface area contributed by atoms with Crippen LogP contribution < -0.4 is 28.7 Å². The number of hydrogen-bond acceptors (Lipinski definition) is 9. The number of carbonyl (C=O) groups is 2. The number of halogens is 1. The maximum atomic E-state index is 11.1. The van der Waals surface area contributed by atoms with Crippen molar-refractivity contribution in [1.29, 1.82) is 0 Å². The Morgan fingerprint density at radius 1 is 1.24 bits per heavy atom. The fourth-order valence-electron chi connectivity index (χ4n) is 4.56. The fourth-order valence-corrected chi connectivity index (χ4v) is 4.77. The number of nitrogens with two attached hydrogens (primary N) is 5. The second-order valence-corrected chi connectivity index (χ2v) is 9.82. The van der Waals surface area contributed by atoms with Gasteiger partial charge < -0.3 is 38.3 Å². The Balaban J connectivity index is 0.000000920. The minimum Gasteiger partial charge on any atom is -0.402 e. The number of ether oxygens (including phenoxy) is 1. The third kappa shape index (κ3) is 11.7. The molecule has 232 valence electrons. The van der Waals surface area contributed by atoms with Gasteiger partial charge >= 0.3 is 0 Å². The molecule has 1 aliphatic heterocycles. The minimum atomic E-state index is 0.0145. The second-order valence-electron chi connectivity index (χ2n) is 9.41. The van der Waals surface area contributed by atoms with Gasteiger partial charge in [0.25, 0.3) is 0 Å². The van der Waals surface area contributed by atoms with Crippen molar-refractivity contribution in [2.75, 3.05) is 47.1 Å². The van der Waals surface area contributed by atoms with Crippen molar-refractivity contribution < 1.29 is 14.3 Å². The molecule has 0 radical (unpaired) electrons. The van der Waals surface area contributed by atoms with Gasteiger partial charge in [-0.05, 0) is 88.4 Å². The molecule has 1 aliphatic carbocycles. The van der Waals surface area contributed by atoms with Gasteiger partial charge in [0.1, 0.15) is 12.1 Å². The van der Waals surface area contributed by atoms with Crippen molar-refractivity contribution in [2.24, 2.45) is 33.8 Å². The number of anilines is 1. The number of nitrogen functional groups attached to an aromatic ring is 1. The predicted molar refractivity (Wildman–Crippen MR) is 176 cm³/mol. The van der Waals surface area contributed by atoms with Crippen molar-refractivity contribution in [2.45, 2.75) is 45.1 Å². The van der Waals surface area contributed by atoms with Crippen LogP contribution in [0.1, 0.15) is 50.2 Å². The van der Waals surface area contributed by atoms with E-state index in [1.807, 2.05) is 0 Å². The van der Waals surface area contributed by atoms with Crippen LogP contribution in [0, 0.1) is 17.8 Å². The Hall–Kier alpha value is -3.62. The summed E-state index contributed by atoms with van der Waals surface area (Å²) in [4.78, 5) is 26.3. The molecule has 2 atom stereocenters. The highest BCUT2D eigenvalue weighted by atomic mass is 35.5. The summed E-state index contributed by atoms with van der Waals surface area (Å²) in [6.45, 7) is 7.39. The predicted octanol–water partition coefficient (Wildman–Crippen LogP) is 2.84. The topological polar surface area (TPSA) is 189 Å². The number of carbonyl (C=O) groups excluding carboxylic acids is 2. The first-order valence-corrected chi connectivity index (χ1v) is 14.1. The average molecular weight is 602 g/mol. The van der Waals surface area contributed by atoms with E-state index in [2.05, 4.69) is 48.0 Å². The van der Waals surface area contributed by atoms with Crippen LogP contribution in [-0.2, 0) is 14.3 Å². The summed E-state index contributed by atoms with van der Waals surface area (Å²) in [5, 5.41) is 0.436. The number of likely N-dealkylation sites (tertiary alicyclic amines) is 1. The molecule has 0 saturated carbocycles. The molecule has 10 nitrogen and oxygen atoms in total. The molecule has 1 aromatic rings. The molecule has 0 aromatic heterocycles. The molecular weight excluding hydrogens is 554 g/mol. The number of nitrogens with zero attached hydrogens (tertiary/aromatic N) is 2. The van der Waals surface area contributed by atoms with Crippen molar-refractivity contribution in [3.63, 3.8) is 0 Å². The zero-order valence-corrected chi connectivity index (χ0v) is 26.3. The molecule has 10 N–H and O–H groups in total. The highest BCUT2D eigenvalue weighted by Gasteiger charge is 2.26. The number of methoxy groups -OCH3 is 1. The monoisotopic (exact) mass is 601 g/mol. The molecule has 2 aliphatic rings. The Morgan fingerprint density at radius 3 is 2.36 bits per heavy atom. The van der Waals surface area contributed by atoms with E-state index < -0.39 is 0 Å². The molecule has 3 rings (SSSR count). The summed E-state index contributed by atoms with van der Waals surface area (Å²) >= 11 is 6.41. The first-order chi connectivity index (χ1) is 20.1. The lowest BCUT2D eigenvalue weighted by Gasteiger charge is -2.17. The average Bonchev–Trinajstić information content (AvgIpc) is 3.59. The lowest BCUT2D eigenvalue weighted by Crippen LogP contribution is -2.28. The highest BCUT2D eigenvalue weighted by molar-refractivity contribution is 6.32. The number of rotatable bonds is 7. The number of aliphatic imine (C=N–C) groups is 1. The van der Waals surface area contributed by atoms with Gasteiger partial charge in [0.15, 0.2) is 6.29 Å². The molecule has 0 bridgehead atoms. The van der Waals surface area contributed by atoms with E-state index in [-0.39, 0.29) is 17.1 Å². The lowest BCUT2D eigenvalue weighted by atomic mass is 9.91. The maximum absolute atomic E-state index is 11.1. The maximum Gasteiger partial charge on any atom is 0.156 e. The van der Waals surface area contributed by atoms with Gasteiger partial charge in [-0.3, -0.25) is 14.6 Å². The number of likely N-dealkylation sites (N-methyl/N-ethyl adjacent to an activating group) is 1. The van der Waals surface area contributed by atoms with Crippen LogP contribution in [0.4, 0.5) is 5.69 Å². The number of allylic oxidation sites excluding steroid dienone is 4. The molecular formula is C31H48ClN7O3. The number of aldehydes is 2. The van der Waals surface area contributed by atoms with E-state index in [9.17, 15) is 4.79 Å². The van der Waals surface area contributed by atoms with E-state index in [1.165, 1.54) is 39.6 Å². The zero-order valence-electron chi connectivity index (χ0n) is 25.6. The Bertz CT molecular complexity index is 1190. The zero-order chi connectivity index (χ0) is 32.2. The highest BCUT2D eigenvalue weighted by Crippen LogP contribution is 2.42. The van der Waals surface area contributed by atoms with E-state index in [4.69, 9.17) is 44.1 Å². The second kappa shape index (κ2) is 21.1. The van der Waals surface area contributed by atoms with E-state index in [0.717, 1.165) is 42.7 Å². The summed E-state index contributed by atoms with van der Waals surface area (Å²) in [5.74, 6) is 5.93. The minimum absolute atomic E-state index is 0.0145. The van der Waals surface area contributed by atoms with Crippen molar-refractivity contribution in [3.8, 4) is 11.8 Å². The third-order valence-electron chi connectivity index (χ3n) is 6.82. The van der Waals surface area contributed by atoms with Crippen LogP contribution in [0.25, 0.3) is 5.57 Å². The van der Waals surface area contributed by atoms with Crippen LogP contribution in [0.2, 0.25) is 5.02 Å². The first kappa shape index (κ1) is 38.4. The van der Waals surface area contributed by atoms with Crippen LogP contribution >= 0.6 is 11.6 Å². The number of hydrogen-bond donors (Lipinski definition) is 5. The molecule has 0 amide bonds. The Kier molecular flexibility index (Phi) is 19.3. The Labute approximate surface area is 256 Å². The fraction of sp³-hybridized carbons (Fsp3) is 0.452. The van der Waals surface area contributed by atoms with Crippen LogP contribution in [-0.4, -0.2) is 70.8 Å². The van der Waals surface area contributed by atoms with Crippen LogP contribution in [0.3, 0.4) is 0 Å². The normalized spacial score (nSPS) is 18.5. The van der Waals surface area contributed by atoms with Gasteiger partial charge in [-0.15, -0.1) is 0 Å². The Morgan fingerprint density at radius 2 is 1.88 bits per heavy atom. The lowest BCUT2D eigenvalue weighted by molar-refractivity contribution is -0.105. The van der Waals surface area contributed by atoms with Gasteiger partial charge in [-0.25, -0.2) is 0 Å². The van der Waals surface area contributed by atoms with Crippen molar-refractivity contribution in [1.82, 2.24) is 4.90 Å². The van der Waals surface area contributed by atoms with Gasteiger partial charge in [-0.1, -0.05) is 31.0 Å². The van der Waals surface area contributed by atoms with Crippen molar-refractivity contribution in [3.05, 3.63) is 57.9 Å². The molecule has 2 unspecified atom stereocenters. The van der Waals surface area contributed by atoms with Gasteiger partial charge in [0.05, 0.1) is 22.9 Å². The molecule has 1 aromatic carbocycles. The van der Waals surface area contributed by atoms with Gasteiger partial charge in [0.2, 0.25) is 0 Å². The number of benzene rings is 1. The van der Waals surface area contributed by atoms with Gasteiger partial charge in [0, 0.05) is 42.7 Å². The summed E-state index contributed by atoms with van der Waals surface area (Å²) < 4.78 is 5.05.